The Morgan fingerprint density at radius 2 is 2.00 bits per heavy atom. The van der Waals surface area contributed by atoms with Crippen LogP contribution in [-0.4, -0.2) is 44.6 Å². The standard InChI is InChI=1S/C21H23N5O3S/c1-12(2)29-15-7-6-14(10-16(15)28-4)19-18-13(3)25-26(21-22-8-5-9-23-21)20(18)24-17(27)11-30-19/h5-10,12,19H,11H2,1-4H3,(H,24,27). The monoisotopic (exact) mass is 425 g/mol. The molecule has 9 heteroatoms. The number of fused-ring (bicyclic) bond motifs is 1. The summed E-state index contributed by atoms with van der Waals surface area (Å²) in [5.74, 6) is 2.58. The van der Waals surface area contributed by atoms with Crippen molar-refractivity contribution in [3.63, 3.8) is 0 Å². The molecule has 3 heterocycles. The van der Waals surface area contributed by atoms with Crippen molar-refractivity contribution in [1.82, 2.24) is 19.7 Å². The third kappa shape index (κ3) is 3.85. The molecule has 0 spiro atoms. The van der Waals surface area contributed by atoms with Crippen LogP contribution >= 0.6 is 11.8 Å². The summed E-state index contributed by atoms with van der Waals surface area (Å²) in [6.07, 6.45) is 3.33. The minimum absolute atomic E-state index is 0.0387. The van der Waals surface area contributed by atoms with E-state index >= 15 is 0 Å². The number of ether oxygens (including phenoxy) is 2. The third-order valence-electron chi connectivity index (χ3n) is 4.60. The molecular formula is C21H23N5O3S. The molecule has 1 aliphatic heterocycles. The van der Waals surface area contributed by atoms with Gasteiger partial charge in [0.2, 0.25) is 5.91 Å². The number of hydrogen-bond donors (Lipinski definition) is 1. The fourth-order valence-electron chi connectivity index (χ4n) is 3.39. The molecule has 1 aromatic carbocycles. The largest absolute Gasteiger partial charge is 0.493 e. The van der Waals surface area contributed by atoms with Crippen LogP contribution in [0.25, 0.3) is 5.95 Å². The Labute approximate surface area is 179 Å². The summed E-state index contributed by atoms with van der Waals surface area (Å²) in [6, 6.07) is 7.62. The van der Waals surface area contributed by atoms with E-state index in [0.717, 1.165) is 16.8 Å². The number of nitrogens with zero attached hydrogens (tertiary/aromatic N) is 4. The van der Waals surface area contributed by atoms with Crippen molar-refractivity contribution in [3.05, 3.63) is 53.5 Å². The van der Waals surface area contributed by atoms with Crippen LogP contribution in [0.15, 0.2) is 36.7 Å². The van der Waals surface area contributed by atoms with Gasteiger partial charge >= 0.3 is 0 Å². The number of nitrogens with one attached hydrogen (secondary N) is 1. The second-order valence-corrected chi connectivity index (χ2v) is 8.22. The summed E-state index contributed by atoms with van der Waals surface area (Å²) in [5.41, 5.74) is 2.74. The Morgan fingerprint density at radius 3 is 2.70 bits per heavy atom. The van der Waals surface area contributed by atoms with Gasteiger partial charge in [0.1, 0.15) is 5.82 Å². The number of benzene rings is 1. The lowest BCUT2D eigenvalue weighted by Gasteiger charge is -2.19. The highest BCUT2D eigenvalue weighted by Gasteiger charge is 2.31. The summed E-state index contributed by atoms with van der Waals surface area (Å²) in [7, 11) is 1.62. The zero-order valence-corrected chi connectivity index (χ0v) is 18.1. The van der Waals surface area contributed by atoms with E-state index < -0.39 is 0 Å². The maximum Gasteiger partial charge on any atom is 0.252 e. The lowest BCUT2D eigenvalue weighted by molar-refractivity contribution is -0.113. The fourth-order valence-corrected chi connectivity index (χ4v) is 4.57. The Balaban J connectivity index is 1.82. The first kappa shape index (κ1) is 20.2. The molecule has 2 aromatic heterocycles. The van der Waals surface area contributed by atoms with Gasteiger partial charge < -0.3 is 14.8 Å². The Bertz CT molecular complexity index is 1070. The van der Waals surface area contributed by atoms with E-state index in [2.05, 4.69) is 20.4 Å². The smallest absolute Gasteiger partial charge is 0.252 e. The normalized spacial score (nSPS) is 16.0. The molecule has 0 saturated heterocycles. The van der Waals surface area contributed by atoms with Gasteiger partial charge in [-0.3, -0.25) is 4.79 Å². The third-order valence-corrected chi connectivity index (χ3v) is 5.87. The molecule has 1 aliphatic rings. The van der Waals surface area contributed by atoms with Crippen LogP contribution in [-0.2, 0) is 4.79 Å². The van der Waals surface area contributed by atoms with Crippen LogP contribution in [0, 0.1) is 6.92 Å². The minimum atomic E-state index is -0.113. The second-order valence-electron chi connectivity index (χ2n) is 7.12. The zero-order chi connectivity index (χ0) is 21.3. The quantitative estimate of drug-likeness (QED) is 0.668. The van der Waals surface area contributed by atoms with Gasteiger partial charge in [-0.25, -0.2) is 9.97 Å². The van der Waals surface area contributed by atoms with Crippen molar-refractivity contribution in [2.75, 3.05) is 18.2 Å². The average Bonchev–Trinajstić information content (AvgIpc) is 2.94. The van der Waals surface area contributed by atoms with Gasteiger partial charge in [-0.2, -0.15) is 9.78 Å². The van der Waals surface area contributed by atoms with Gasteiger partial charge in [0.15, 0.2) is 11.5 Å². The van der Waals surface area contributed by atoms with Crippen molar-refractivity contribution >= 4 is 23.5 Å². The van der Waals surface area contributed by atoms with E-state index in [9.17, 15) is 4.79 Å². The number of carbonyl (C=O) groups excluding carboxylic acids is 1. The topological polar surface area (TPSA) is 91.2 Å². The lowest BCUT2D eigenvalue weighted by atomic mass is 10.0. The molecule has 1 atom stereocenters. The first-order valence-electron chi connectivity index (χ1n) is 9.61. The Kier molecular flexibility index (Phi) is 5.63. The Morgan fingerprint density at radius 1 is 1.23 bits per heavy atom. The van der Waals surface area contributed by atoms with E-state index in [1.54, 1.807) is 42.0 Å². The lowest BCUT2D eigenvalue weighted by Crippen LogP contribution is -2.16. The maximum absolute atomic E-state index is 12.5. The second kappa shape index (κ2) is 8.35. The molecule has 3 aromatic rings. The fraction of sp³-hybridized carbons (Fsp3) is 0.333. The summed E-state index contributed by atoms with van der Waals surface area (Å²) >= 11 is 1.55. The SMILES string of the molecule is COc1cc(C2SCC(=O)Nc3c2c(C)nn3-c2ncccn2)ccc1OC(C)C. The van der Waals surface area contributed by atoms with Gasteiger partial charge in [-0.1, -0.05) is 6.07 Å². The number of amides is 1. The van der Waals surface area contributed by atoms with Gasteiger partial charge in [0.25, 0.3) is 5.95 Å². The predicted octanol–water partition coefficient (Wildman–Crippen LogP) is 3.54. The first-order chi connectivity index (χ1) is 14.5. The molecule has 0 bridgehead atoms. The highest BCUT2D eigenvalue weighted by molar-refractivity contribution is 8.00. The molecule has 1 unspecified atom stereocenters. The number of aryl methyl sites for hydroxylation is 1. The molecule has 0 aliphatic carbocycles. The molecule has 30 heavy (non-hydrogen) atoms. The van der Waals surface area contributed by atoms with Crippen molar-refractivity contribution in [3.8, 4) is 17.4 Å². The van der Waals surface area contributed by atoms with Crippen molar-refractivity contribution in [2.24, 2.45) is 0 Å². The molecule has 1 N–H and O–H groups in total. The number of methoxy groups -OCH3 is 1. The van der Waals surface area contributed by atoms with E-state index in [0.29, 0.717) is 29.0 Å². The van der Waals surface area contributed by atoms with Crippen LogP contribution in [0.2, 0.25) is 0 Å². The highest BCUT2D eigenvalue weighted by Crippen LogP contribution is 2.45. The molecule has 1 amide bonds. The summed E-state index contributed by atoms with van der Waals surface area (Å²) in [5, 5.41) is 7.49. The van der Waals surface area contributed by atoms with Crippen LogP contribution in [0.4, 0.5) is 5.82 Å². The van der Waals surface area contributed by atoms with Crippen molar-refractivity contribution < 1.29 is 14.3 Å². The maximum atomic E-state index is 12.5. The van der Waals surface area contributed by atoms with Gasteiger partial charge in [-0.15, -0.1) is 11.8 Å². The number of thioether (sulfide) groups is 1. The number of rotatable bonds is 5. The van der Waals surface area contributed by atoms with Crippen molar-refractivity contribution in [1.29, 1.82) is 0 Å². The van der Waals surface area contributed by atoms with Crippen LogP contribution in [0.5, 0.6) is 11.5 Å². The first-order valence-corrected chi connectivity index (χ1v) is 10.7. The molecule has 4 rings (SSSR count). The van der Waals surface area contributed by atoms with E-state index in [4.69, 9.17) is 9.47 Å². The number of aromatic nitrogens is 4. The van der Waals surface area contributed by atoms with Crippen LogP contribution in [0.1, 0.15) is 35.9 Å². The highest BCUT2D eigenvalue weighted by atomic mass is 32.2. The van der Waals surface area contributed by atoms with Gasteiger partial charge in [-0.05, 0) is 44.5 Å². The van der Waals surface area contributed by atoms with Gasteiger partial charge in [0, 0.05) is 18.0 Å². The predicted molar refractivity (Wildman–Crippen MR) is 116 cm³/mol. The Hall–Kier alpha value is -3.07. The van der Waals surface area contributed by atoms with Crippen LogP contribution in [0.3, 0.4) is 0 Å². The molecule has 0 saturated carbocycles. The van der Waals surface area contributed by atoms with E-state index in [1.165, 1.54) is 0 Å². The van der Waals surface area contributed by atoms with Crippen molar-refractivity contribution in [2.45, 2.75) is 32.1 Å². The minimum Gasteiger partial charge on any atom is -0.493 e. The summed E-state index contributed by atoms with van der Waals surface area (Å²) in [6.45, 7) is 5.87. The van der Waals surface area contributed by atoms with Crippen LogP contribution < -0.4 is 14.8 Å². The molecule has 0 fully saturated rings. The molecular weight excluding hydrogens is 402 g/mol. The van der Waals surface area contributed by atoms with E-state index in [1.807, 2.05) is 39.0 Å². The zero-order valence-electron chi connectivity index (χ0n) is 17.2. The molecule has 0 radical (unpaired) electrons. The number of hydrogen-bond acceptors (Lipinski definition) is 7. The molecule has 8 nitrogen and oxygen atoms in total. The number of anilines is 1. The molecule has 156 valence electrons. The van der Waals surface area contributed by atoms with E-state index in [-0.39, 0.29) is 17.3 Å². The number of carbonyl (C=O) groups is 1. The van der Waals surface area contributed by atoms with Gasteiger partial charge in [0.05, 0.1) is 29.9 Å². The summed E-state index contributed by atoms with van der Waals surface area (Å²) in [4.78, 5) is 21.0. The average molecular weight is 426 g/mol. The summed E-state index contributed by atoms with van der Waals surface area (Å²) < 4.78 is 13.0.